The molecule has 0 saturated carbocycles. The van der Waals surface area contributed by atoms with E-state index in [-0.39, 0.29) is 0 Å². The fraction of sp³-hybridized carbons (Fsp3) is 0.588. The zero-order valence-electron chi connectivity index (χ0n) is 13.5. The van der Waals surface area contributed by atoms with Gasteiger partial charge in [0.15, 0.2) is 0 Å². The number of nitrogens with zero attached hydrogens (tertiary/aromatic N) is 3. The van der Waals surface area contributed by atoms with E-state index in [0.29, 0.717) is 11.7 Å². The monoisotopic (exact) mass is 288 g/mol. The Bertz CT molecular complexity index is 473. The number of hydrogen-bond donors (Lipinski definition) is 1. The maximum absolute atomic E-state index is 5.81. The molecule has 116 valence electrons. The van der Waals surface area contributed by atoms with E-state index in [0.717, 1.165) is 25.3 Å². The number of rotatable bonds is 4. The first-order chi connectivity index (χ1) is 10.1. The highest BCUT2D eigenvalue weighted by Gasteiger charge is 2.23. The van der Waals surface area contributed by atoms with Crippen LogP contribution in [0.1, 0.15) is 33.6 Å². The van der Waals surface area contributed by atoms with Crippen LogP contribution in [0.4, 0.5) is 0 Å². The lowest BCUT2D eigenvalue weighted by Crippen LogP contribution is -2.44. The van der Waals surface area contributed by atoms with Gasteiger partial charge in [0, 0.05) is 13.1 Å². The Morgan fingerprint density at radius 3 is 2.95 bits per heavy atom. The Morgan fingerprint density at radius 2 is 2.29 bits per heavy atom. The molecule has 21 heavy (non-hydrogen) atoms. The molecule has 2 aliphatic heterocycles. The maximum Gasteiger partial charge on any atom is 0.125 e. The average molecular weight is 288 g/mol. The third-order valence-electron chi connectivity index (χ3n) is 4.29. The van der Waals surface area contributed by atoms with Gasteiger partial charge in [-0.05, 0) is 57.2 Å². The van der Waals surface area contributed by atoms with Crippen molar-refractivity contribution in [3.05, 3.63) is 35.2 Å². The van der Waals surface area contributed by atoms with Crippen molar-refractivity contribution in [2.45, 2.75) is 33.6 Å². The summed E-state index contributed by atoms with van der Waals surface area (Å²) in [5.41, 5.74) is 8.44. The summed E-state index contributed by atoms with van der Waals surface area (Å²) in [4.78, 5) is 9.05. The van der Waals surface area contributed by atoms with Crippen LogP contribution in [0, 0.1) is 5.92 Å². The van der Waals surface area contributed by atoms with Gasteiger partial charge < -0.3 is 10.6 Å². The summed E-state index contributed by atoms with van der Waals surface area (Å²) in [5.74, 6) is 1.33. The molecule has 2 N–H and O–H groups in total. The van der Waals surface area contributed by atoms with Crippen LogP contribution in [-0.4, -0.2) is 42.4 Å². The van der Waals surface area contributed by atoms with Gasteiger partial charge >= 0.3 is 0 Å². The normalized spacial score (nSPS) is 25.2. The fourth-order valence-corrected chi connectivity index (χ4v) is 3.14. The zero-order chi connectivity index (χ0) is 15.2. The Kier molecular flexibility index (Phi) is 5.62. The molecule has 0 aromatic heterocycles. The first-order valence-corrected chi connectivity index (χ1v) is 7.88. The van der Waals surface area contributed by atoms with E-state index in [1.54, 1.807) is 0 Å². The van der Waals surface area contributed by atoms with Crippen LogP contribution in [0.3, 0.4) is 0 Å². The topological polar surface area (TPSA) is 44.9 Å². The number of allylic oxidation sites excluding steroid dienone is 3. The van der Waals surface area contributed by atoms with Crippen LogP contribution in [0.2, 0.25) is 0 Å². The molecule has 0 radical (unpaired) electrons. The molecule has 0 aromatic rings. The number of aliphatic imine (C=N–C) groups is 1. The van der Waals surface area contributed by atoms with Crippen molar-refractivity contribution in [3.63, 3.8) is 0 Å². The summed E-state index contributed by atoms with van der Waals surface area (Å²) in [5, 5.41) is 0. The smallest absolute Gasteiger partial charge is 0.125 e. The Hall–Kier alpha value is -1.55. The van der Waals surface area contributed by atoms with Crippen LogP contribution in [0.5, 0.6) is 0 Å². The lowest BCUT2D eigenvalue weighted by atomic mass is 9.90. The molecule has 2 rings (SSSR count). The van der Waals surface area contributed by atoms with Crippen molar-refractivity contribution in [2.75, 3.05) is 26.3 Å². The van der Waals surface area contributed by atoms with E-state index >= 15 is 0 Å². The lowest BCUT2D eigenvalue weighted by Gasteiger charge is -2.37. The Morgan fingerprint density at radius 1 is 1.48 bits per heavy atom. The van der Waals surface area contributed by atoms with E-state index in [4.69, 9.17) is 5.73 Å². The number of likely N-dealkylation sites (tertiary alicyclic amines) is 1. The van der Waals surface area contributed by atoms with E-state index in [9.17, 15) is 0 Å². The quantitative estimate of drug-likeness (QED) is 0.809. The second-order valence-electron chi connectivity index (χ2n) is 6.00. The summed E-state index contributed by atoms with van der Waals surface area (Å²) in [6.07, 6.45) is 11.1. The molecule has 2 heterocycles. The summed E-state index contributed by atoms with van der Waals surface area (Å²) >= 11 is 0. The molecule has 0 bridgehead atoms. The van der Waals surface area contributed by atoms with Crippen LogP contribution in [0.15, 0.2) is 40.2 Å². The molecule has 0 unspecified atom stereocenters. The van der Waals surface area contributed by atoms with Gasteiger partial charge in [-0.3, -0.25) is 4.90 Å². The molecule has 1 saturated heterocycles. The molecule has 2 aliphatic rings. The highest BCUT2D eigenvalue weighted by atomic mass is 15.3. The minimum atomic E-state index is 0.656. The van der Waals surface area contributed by atoms with Crippen LogP contribution >= 0.6 is 0 Å². The third-order valence-corrected chi connectivity index (χ3v) is 4.29. The molecule has 0 spiro atoms. The maximum atomic E-state index is 5.81. The van der Waals surface area contributed by atoms with E-state index in [1.807, 2.05) is 6.34 Å². The molecule has 0 amide bonds. The van der Waals surface area contributed by atoms with Gasteiger partial charge in [-0.25, -0.2) is 4.99 Å². The Labute approximate surface area is 128 Å². The first kappa shape index (κ1) is 15.8. The second kappa shape index (κ2) is 7.46. The largest absolute Gasteiger partial charge is 0.384 e. The average Bonchev–Trinajstić information content (AvgIpc) is 2.49. The summed E-state index contributed by atoms with van der Waals surface area (Å²) in [6.45, 7) is 10.4. The molecule has 0 aromatic carbocycles. The molecular weight excluding hydrogens is 260 g/mol. The SMILES string of the molecule is C/C=C\C(=C/C)[C@H]1CCCN(CN2C=NC(N)=C(C)C2)C1. The molecule has 0 aliphatic carbocycles. The minimum absolute atomic E-state index is 0.656. The van der Waals surface area contributed by atoms with Crippen LogP contribution < -0.4 is 5.73 Å². The highest BCUT2D eigenvalue weighted by molar-refractivity contribution is 5.59. The van der Waals surface area contributed by atoms with Crippen molar-refractivity contribution in [3.8, 4) is 0 Å². The van der Waals surface area contributed by atoms with E-state index in [1.165, 1.54) is 25.0 Å². The van der Waals surface area contributed by atoms with E-state index in [2.05, 4.69) is 53.8 Å². The van der Waals surface area contributed by atoms with Gasteiger partial charge in [0.05, 0.1) is 13.0 Å². The van der Waals surface area contributed by atoms with Gasteiger partial charge in [0.2, 0.25) is 0 Å². The summed E-state index contributed by atoms with van der Waals surface area (Å²) < 4.78 is 0. The van der Waals surface area contributed by atoms with Gasteiger partial charge in [0.1, 0.15) is 5.82 Å². The molecule has 4 heteroatoms. The van der Waals surface area contributed by atoms with Crippen LogP contribution in [0.25, 0.3) is 0 Å². The van der Waals surface area contributed by atoms with E-state index < -0.39 is 0 Å². The van der Waals surface area contributed by atoms with Crippen LogP contribution in [-0.2, 0) is 0 Å². The number of hydrogen-bond acceptors (Lipinski definition) is 4. The molecule has 1 atom stereocenters. The van der Waals surface area contributed by atoms with Crippen molar-refractivity contribution in [2.24, 2.45) is 16.6 Å². The summed E-state index contributed by atoms with van der Waals surface area (Å²) in [7, 11) is 0. The minimum Gasteiger partial charge on any atom is -0.384 e. The highest BCUT2D eigenvalue weighted by Crippen LogP contribution is 2.25. The van der Waals surface area contributed by atoms with Gasteiger partial charge in [-0.15, -0.1) is 0 Å². The van der Waals surface area contributed by atoms with Crippen molar-refractivity contribution in [1.82, 2.24) is 9.80 Å². The molecule has 4 nitrogen and oxygen atoms in total. The standard InChI is InChI=1S/C17H28N4/c1-4-7-15(5-2)16-8-6-9-20(11-16)13-21-10-14(3)17(18)19-12-21/h4-5,7,12,16H,6,8-11,13,18H2,1-3H3/b7-4-,15-5+/t16-/m0/s1. The van der Waals surface area contributed by atoms with Crippen molar-refractivity contribution < 1.29 is 0 Å². The van der Waals surface area contributed by atoms with Gasteiger partial charge in [0.25, 0.3) is 0 Å². The molecular formula is C17H28N4. The Balaban J connectivity index is 1.92. The van der Waals surface area contributed by atoms with Crippen molar-refractivity contribution >= 4 is 6.34 Å². The fourth-order valence-electron chi connectivity index (χ4n) is 3.14. The van der Waals surface area contributed by atoms with Gasteiger partial charge in [-0.2, -0.15) is 0 Å². The number of piperidine rings is 1. The predicted octanol–water partition coefficient (Wildman–Crippen LogP) is 2.71. The number of nitrogens with two attached hydrogens (primary N) is 1. The van der Waals surface area contributed by atoms with Gasteiger partial charge in [-0.1, -0.05) is 18.2 Å². The first-order valence-electron chi connectivity index (χ1n) is 7.88. The molecule has 1 fully saturated rings. The zero-order valence-corrected chi connectivity index (χ0v) is 13.5. The predicted molar refractivity (Wildman–Crippen MR) is 89.8 cm³/mol. The summed E-state index contributed by atoms with van der Waals surface area (Å²) in [6, 6.07) is 0. The second-order valence-corrected chi connectivity index (χ2v) is 6.00. The lowest BCUT2D eigenvalue weighted by molar-refractivity contribution is 0.141. The van der Waals surface area contributed by atoms with Crippen molar-refractivity contribution in [1.29, 1.82) is 0 Å². The third kappa shape index (κ3) is 4.21.